The number of hydrogen-bond acceptors (Lipinski definition) is 3. The van der Waals surface area contributed by atoms with Gasteiger partial charge in [0.15, 0.2) is 0 Å². The monoisotopic (exact) mass is 343 g/mol. The summed E-state index contributed by atoms with van der Waals surface area (Å²) in [6.07, 6.45) is 4.94. The summed E-state index contributed by atoms with van der Waals surface area (Å²) in [7, 11) is 0. The minimum Gasteiger partial charge on any atom is -0.489 e. The summed E-state index contributed by atoms with van der Waals surface area (Å²) in [5.41, 5.74) is 4.61. The molecule has 1 aromatic heterocycles. The van der Waals surface area contributed by atoms with Crippen LogP contribution in [0.25, 0.3) is 6.08 Å². The fraction of sp³-hybridized carbons (Fsp3) is 0.174. The van der Waals surface area contributed by atoms with E-state index in [1.807, 2.05) is 55.5 Å². The Bertz CT molecular complexity index is 951. The van der Waals surface area contributed by atoms with E-state index in [4.69, 9.17) is 9.15 Å². The van der Waals surface area contributed by atoms with Crippen molar-refractivity contribution in [3.8, 4) is 5.75 Å². The molecule has 0 unspecified atom stereocenters. The molecular weight excluding hydrogens is 322 g/mol. The molecule has 0 atom stereocenters. The number of aliphatic imine (C=N–C) groups is 1. The van der Waals surface area contributed by atoms with Crippen molar-refractivity contribution in [1.29, 1.82) is 0 Å². The van der Waals surface area contributed by atoms with E-state index in [1.165, 1.54) is 16.7 Å². The van der Waals surface area contributed by atoms with E-state index in [0.29, 0.717) is 6.61 Å². The Morgan fingerprint density at radius 3 is 2.73 bits per heavy atom. The first kappa shape index (κ1) is 16.4. The van der Waals surface area contributed by atoms with Crippen LogP contribution < -0.4 is 4.74 Å². The number of benzene rings is 2. The fourth-order valence-corrected chi connectivity index (χ4v) is 3.09. The Balaban J connectivity index is 1.49. The van der Waals surface area contributed by atoms with E-state index in [2.05, 4.69) is 29.3 Å². The molecule has 0 fully saturated rings. The summed E-state index contributed by atoms with van der Waals surface area (Å²) in [6, 6.07) is 20.4. The topological polar surface area (TPSA) is 34.7 Å². The number of fused-ring (bicyclic) bond motifs is 1. The van der Waals surface area contributed by atoms with Crippen LogP contribution in [0.15, 0.2) is 76.1 Å². The summed E-state index contributed by atoms with van der Waals surface area (Å²) < 4.78 is 11.5. The van der Waals surface area contributed by atoms with Gasteiger partial charge in [-0.25, -0.2) is 0 Å². The van der Waals surface area contributed by atoms with Crippen LogP contribution in [-0.4, -0.2) is 12.3 Å². The lowest BCUT2D eigenvalue weighted by molar-refractivity contribution is 0.306. The Kier molecular flexibility index (Phi) is 4.69. The lowest BCUT2D eigenvalue weighted by Gasteiger charge is -2.16. The van der Waals surface area contributed by atoms with E-state index in [0.717, 1.165) is 35.9 Å². The highest BCUT2D eigenvalue weighted by Gasteiger charge is 2.13. The highest BCUT2D eigenvalue weighted by atomic mass is 16.5. The van der Waals surface area contributed by atoms with Gasteiger partial charge in [0.05, 0.1) is 5.71 Å². The minimum absolute atomic E-state index is 0.582. The molecule has 0 aliphatic carbocycles. The normalized spacial score (nSPS) is 13.5. The standard InChI is InChI=1S/C23H21NO2/c1-17-7-8-20(26-17)10-12-23-22-11-9-21(15-19(22)13-14-24-23)25-16-18-5-3-2-4-6-18/h2-12,15H,13-14,16H2,1H3/b12-10+. The first-order valence-electron chi connectivity index (χ1n) is 8.87. The third-order valence-corrected chi connectivity index (χ3v) is 4.43. The lowest BCUT2D eigenvalue weighted by Crippen LogP contribution is -2.11. The van der Waals surface area contributed by atoms with Gasteiger partial charge in [-0.3, -0.25) is 4.99 Å². The van der Waals surface area contributed by atoms with Crippen LogP contribution in [0.3, 0.4) is 0 Å². The molecule has 3 aromatic rings. The predicted molar refractivity (Wildman–Crippen MR) is 105 cm³/mol. The van der Waals surface area contributed by atoms with Gasteiger partial charge in [0, 0.05) is 12.1 Å². The molecule has 3 nitrogen and oxygen atoms in total. The smallest absolute Gasteiger partial charge is 0.127 e. The molecule has 4 rings (SSSR count). The van der Waals surface area contributed by atoms with Gasteiger partial charge in [-0.2, -0.15) is 0 Å². The maximum Gasteiger partial charge on any atom is 0.127 e. The quantitative estimate of drug-likeness (QED) is 0.636. The number of furan rings is 1. The van der Waals surface area contributed by atoms with Crippen LogP contribution in [0.4, 0.5) is 0 Å². The SMILES string of the molecule is Cc1ccc(/C=C/C2=NCCc3cc(OCc4ccccc4)ccc32)o1. The number of hydrogen-bond donors (Lipinski definition) is 0. The molecule has 0 amide bonds. The average molecular weight is 343 g/mol. The van der Waals surface area contributed by atoms with Crippen molar-refractivity contribution in [3.05, 3.63) is 95.0 Å². The summed E-state index contributed by atoms with van der Waals surface area (Å²) in [5.74, 6) is 2.66. The summed E-state index contributed by atoms with van der Waals surface area (Å²) in [5, 5.41) is 0. The van der Waals surface area contributed by atoms with Gasteiger partial charge in [0.1, 0.15) is 23.9 Å². The molecule has 3 heteroatoms. The largest absolute Gasteiger partial charge is 0.489 e. The van der Waals surface area contributed by atoms with Gasteiger partial charge >= 0.3 is 0 Å². The zero-order chi connectivity index (χ0) is 17.8. The van der Waals surface area contributed by atoms with Crippen molar-refractivity contribution in [2.45, 2.75) is 20.0 Å². The maximum atomic E-state index is 5.95. The Morgan fingerprint density at radius 1 is 1.04 bits per heavy atom. The fourth-order valence-electron chi connectivity index (χ4n) is 3.09. The number of allylic oxidation sites excluding steroid dienone is 1. The highest BCUT2D eigenvalue weighted by Crippen LogP contribution is 2.24. The van der Waals surface area contributed by atoms with Crippen LogP contribution in [0.5, 0.6) is 5.75 Å². The third kappa shape index (κ3) is 3.77. The molecule has 1 aliphatic rings. The predicted octanol–water partition coefficient (Wildman–Crippen LogP) is 5.23. The van der Waals surface area contributed by atoms with Gasteiger partial charge in [0.25, 0.3) is 0 Å². The van der Waals surface area contributed by atoms with Gasteiger partial charge < -0.3 is 9.15 Å². The minimum atomic E-state index is 0.582. The second-order valence-electron chi connectivity index (χ2n) is 6.39. The highest BCUT2D eigenvalue weighted by molar-refractivity contribution is 6.12. The molecule has 0 N–H and O–H groups in total. The Morgan fingerprint density at radius 2 is 1.92 bits per heavy atom. The van der Waals surface area contributed by atoms with Gasteiger partial charge in [-0.05, 0) is 67.0 Å². The second-order valence-corrected chi connectivity index (χ2v) is 6.39. The number of rotatable bonds is 5. The van der Waals surface area contributed by atoms with Crippen molar-refractivity contribution in [2.75, 3.05) is 6.54 Å². The van der Waals surface area contributed by atoms with Crippen LogP contribution in [0, 0.1) is 6.92 Å². The first-order chi connectivity index (χ1) is 12.8. The summed E-state index contributed by atoms with van der Waals surface area (Å²) in [6.45, 7) is 3.33. The third-order valence-electron chi connectivity index (χ3n) is 4.43. The van der Waals surface area contributed by atoms with Crippen molar-refractivity contribution < 1.29 is 9.15 Å². The Labute approximate surface area is 153 Å². The lowest BCUT2D eigenvalue weighted by atomic mass is 9.97. The summed E-state index contributed by atoms with van der Waals surface area (Å²) in [4.78, 5) is 4.66. The molecule has 1 aliphatic heterocycles. The zero-order valence-corrected chi connectivity index (χ0v) is 14.8. The molecule has 2 heterocycles. The van der Waals surface area contributed by atoms with E-state index in [1.54, 1.807) is 0 Å². The molecule has 130 valence electrons. The van der Waals surface area contributed by atoms with Gasteiger partial charge in [0.2, 0.25) is 0 Å². The van der Waals surface area contributed by atoms with E-state index in [-0.39, 0.29) is 0 Å². The molecule has 2 aromatic carbocycles. The van der Waals surface area contributed by atoms with Gasteiger partial charge in [-0.15, -0.1) is 0 Å². The first-order valence-corrected chi connectivity index (χ1v) is 8.87. The molecule has 0 radical (unpaired) electrons. The van der Waals surface area contributed by atoms with Crippen molar-refractivity contribution in [1.82, 2.24) is 0 Å². The van der Waals surface area contributed by atoms with Crippen LogP contribution in [0.2, 0.25) is 0 Å². The molecule has 26 heavy (non-hydrogen) atoms. The number of ether oxygens (including phenoxy) is 1. The van der Waals surface area contributed by atoms with E-state index >= 15 is 0 Å². The zero-order valence-electron chi connectivity index (χ0n) is 14.8. The second kappa shape index (κ2) is 7.44. The van der Waals surface area contributed by atoms with Gasteiger partial charge in [-0.1, -0.05) is 30.3 Å². The number of aryl methyl sites for hydroxylation is 1. The number of nitrogens with zero attached hydrogens (tertiary/aromatic N) is 1. The molecule has 0 spiro atoms. The average Bonchev–Trinajstić information content (AvgIpc) is 3.10. The van der Waals surface area contributed by atoms with Crippen molar-refractivity contribution in [3.63, 3.8) is 0 Å². The Hall–Kier alpha value is -3.07. The van der Waals surface area contributed by atoms with Crippen LogP contribution in [0.1, 0.15) is 28.2 Å². The van der Waals surface area contributed by atoms with E-state index < -0.39 is 0 Å². The van der Waals surface area contributed by atoms with Crippen LogP contribution in [-0.2, 0) is 13.0 Å². The van der Waals surface area contributed by atoms with E-state index in [9.17, 15) is 0 Å². The molecular formula is C23H21NO2. The maximum absolute atomic E-state index is 5.95. The van der Waals surface area contributed by atoms with Crippen molar-refractivity contribution >= 4 is 11.8 Å². The van der Waals surface area contributed by atoms with Crippen molar-refractivity contribution in [2.24, 2.45) is 4.99 Å². The molecule has 0 saturated carbocycles. The molecule has 0 bridgehead atoms. The summed E-state index contributed by atoms with van der Waals surface area (Å²) >= 11 is 0. The molecule has 0 saturated heterocycles. The van der Waals surface area contributed by atoms with Crippen LogP contribution >= 0.6 is 0 Å².